The summed E-state index contributed by atoms with van der Waals surface area (Å²) in [5.41, 5.74) is 6.79. The molecule has 0 saturated heterocycles. The number of rotatable bonds is 12. The Labute approximate surface area is 143 Å². The van der Waals surface area contributed by atoms with Gasteiger partial charge in [-0.15, -0.1) is 0 Å². The molecule has 7 nitrogen and oxygen atoms in total. The van der Waals surface area contributed by atoms with Crippen molar-refractivity contribution in [2.75, 3.05) is 54.2 Å². The normalized spacial score (nSPS) is 10.5. The van der Waals surface area contributed by atoms with Crippen LogP contribution in [0.5, 0.6) is 11.5 Å². The van der Waals surface area contributed by atoms with Gasteiger partial charge >= 0.3 is 0 Å². The van der Waals surface area contributed by atoms with Crippen LogP contribution in [0.3, 0.4) is 0 Å². The van der Waals surface area contributed by atoms with Crippen molar-refractivity contribution in [2.24, 2.45) is 5.73 Å². The summed E-state index contributed by atoms with van der Waals surface area (Å²) in [4.78, 5) is 12.0. The molecule has 1 aromatic carbocycles. The van der Waals surface area contributed by atoms with Crippen molar-refractivity contribution in [1.82, 2.24) is 5.32 Å². The zero-order valence-electron chi connectivity index (χ0n) is 14.7. The Balaban J connectivity index is 2.57. The Hall–Kier alpha value is -1.83. The lowest BCUT2D eigenvalue weighted by Crippen LogP contribution is -2.19. The summed E-state index contributed by atoms with van der Waals surface area (Å²) in [6.45, 7) is 2.80. The number of nitrogens with two attached hydrogens (primary N) is 1. The number of amides is 1. The smallest absolute Gasteiger partial charge is 0.254 e. The molecule has 0 aromatic heterocycles. The van der Waals surface area contributed by atoms with Crippen LogP contribution in [0.25, 0.3) is 0 Å². The van der Waals surface area contributed by atoms with Crippen molar-refractivity contribution < 1.29 is 23.7 Å². The van der Waals surface area contributed by atoms with E-state index < -0.39 is 0 Å². The second-order valence-corrected chi connectivity index (χ2v) is 5.07. The average molecular weight is 340 g/mol. The molecule has 0 unspecified atom stereocenters. The summed E-state index contributed by atoms with van der Waals surface area (Å²) in [6, 6.07) is 3.71. The fourth-order valence-electron chi connectivity index (χ4n) is 2.25. The fraction of sp³-hybridized carbons (Fsp3) is 0.588. The molecule has 0 radical (unpaired) electrons. The lowest BCUT2D eigenvalue weighted by Gasteiger charge is -2.14. The number of benzene rings is 1. The first kappa shape index (κ1) is 20.2. The molecule has 0 aliphatic carbocycles. The van der Waals surface area contributed by atoms with Crippen LogP contribution >= 0.6 is 0 Å². The number of hydrogen-bond acceptors (Lipinski definition) is 6. The van der Waals surface area contributed by atoms with Gasteiger partial charge in [0.05, 0.1) is 39.6 Å². The van der Waals surface area contributed by atoms with Gasteiger partial charge < -0.3 is 30.0 Å². The van der Waals surface area contributed by atoms with Crippen LogP contribution in [-0.2, 0) is 15.9 Å². The van der Waals surface area contributed by atoms with Gasteiger partial charge in [-0.2, -0.15) is 0 Å². The molecule has 136 valence electrons. The van der Waals surface area contributed by atoms with Gasteiger partial charge in [0.2, 0.25) is 0 Å². The molecule has 0 saturated carbocycles. The highest BCUT2D eigenvalue weighted by Crippen LogP contribution is 2.33. The molecular formula is C17H28N2O5. The van der Waals surface area contributed by atoms with Crippen molar-refractivity contribution in [3.8, 4) is 11.5 Å². The number of ether oxygens (including phenoxy) is 4. The standard InChI is InChI=1S/C17H28N2O5/c1-19-17(20)14-11-13(12-15(21-2)16(14)22-3)5-4-7-23-9-10-24-8-6-18/h11-12H,4-10,18H2,1-3H3,(H,19,20). The van der Waals surface area contributed by atoms with Crippen LogP contribution in [0, 0.1) is 0 Å². The van der Waals surface area contributed by atoms with Gasteiger partial charge in [0, 0.05) is 20.2 Å². The highest BCUT2D eigenvalue weighted by atomic mass is 16.5. The average Bonchev–Trinajstić information content (AvgIpc) is 2.62. The van der Waals surface area contributed by atoms with Crippen LogP contribution in [-0.4, -0.2) is 60.1 Å². The van der Waals surface area contributed by atoms with Crippen molar-refractivity contribution in [1.29, 1.82) is 0 Å². The molecule has 0 heterocycles. The largest absolute Gasteiger partial charge is 0.493 e. The SMILES string of the molecule is CNC(=O)c1cc(CCCOCCOCCN)cc(OC)c1OC. The van der Waals surface area contributed by atoms with Gasteiger partial charge in [-0.25, -0.2) is 0 Å². The van der Waals surface area contributed by atoms with Gasteiger partial charge in [-0.3, -0.25) is 4.79 Å². The third kappa shape index (κ3) is 6.35. The highest BCUT2D eigenvalue weighted by molar-refractivity contribution is 5.97. The van der Waals surface area contributed by atoms with E-state index in [4.69, 9.17) is 24.7 Å². The Morgan fingerprint density at radius 1 is 1.08 bits per heavy atom. The summed E-state index contributed by atoms with van der Waals surface area (Å²) < 4.78 is 21.4. The minimum Gasteiger partial charge on any atom is -0.493 e. The van der Waals surface area contributed by atoms with Crippen LogP contribution < -0.4 is 20.5 Å². The van der Waals surface area contributed by atoms with Crippen molar-refractivity contribution in [2.45, 2.75) is 12.8 Å². The predicted molar refractivity (Wildman–Crippen MR) is 91.9 cm³/mol. The monoisotopic (exact) mass is 340 g/mol. The molecule has 7 heteroatoms. The van der Waals surface area contributed by atoms with E-state index in [1.165, 1.54) is 7.11 Å². The van der Waals surface area contributed by atoms with Gasteiger partial charge in [-0.05, 0) is 30.5 Å². The third-order valence-corrected chi connectivity index (χ3v) is 3.40. The summed E-state index contributed by atoms with van der Waals surface area (Å²) in [5, 5.41) is 2.61. The predicted octanol–water partition coefficient (Wildman–Crippen LogP) is 0.988. The minimum atomic E-state index is -0.208. The van der Waals surface area contributed by atoms with E-state index >= 15 is 0 Å². The van der Waals surface area contributed by atoms with E-state index in [1.807, 2.05) is 12.1 Å². The maximum Gasteiger partial charge on any atom is 0.254 e. The van der Waals surface area contributed by atoms with E-state index in [-0.39, 0.29) is 5.91 Å². The highest BCUT2D eigenvalue weighted by Gasteiger charge is 2.17. The second kappa shape index (κ2) is 11.7. The summed E-state index contributed by atoms with van der Waals surface area (Å²) in [7, 11) is 4.66. The summed E-state index contributed by atoms with van der Waals surface area (Å²) in [5.74, 6) is 0.777. The number of hydrogen-bond donors (Lipinski definition) is 2. The lowest BCUT2D eigenvalue weighted by atomic mass is 10.0. The molecule has 0 atom stereocenters. The number of methoxy groups -OCH3 is 2. The van der Waals surface area contributed by atoms with E-state index in [1.54, 1.807) is 14.2 Å². The Bertz CT molecular complexity index is 508. The van der Waals surface area contributed by atoms with Crippen LogP contribution in [0.1, 0.15) is 22.3 Å². The van der Waals surface area contributed by atoms with Gasteiger partial charge in [-0.1, -0.05) is 0 Å². The number of nitrogens with one attached hydrogen (secondary N) is 1. The third-order valence-electron chi connectivity index (χ3n) is 3.40. The second-order valence-electron chi connectivity index (χ2n) is 5.07. The van der Waals surface area contributed by atoms with Crippen LogP contribution in [0.15, 0.2) is 12.1 Å². The van der Waals surface area contributed by atoms with Crippen molar-refractivity contribution >= 4 is 5.91 Å². The van der Waals surface area contributed by atoms with E-state index in [2.05, 4.69) is 5.32 Å². The van der Waals surface area contributed by atoms with Crippen LogP contribution in [0.2, 0.25) is 0 Å². The maximum absolute atomic E-state index is 12.0. The number of carbonyl (C=O) groups is 1. The molecule has 0 spiro atoms. The number of carbonyl (C=O) groups excluding carboxylic acids is 1. The summed E-state index contributed by atoms with van der Waals surface area (Å²) >= 11 is 0. The first-order valence-corrected chi connectivity index (χ1v) is 8.00. The quantitative estimate of drug-likeness (QED) is 0.551. The minimum absolute atomic E-state index is 0.208. The zero-order chi connectivity index (χ0) is 17.8. The van der Waals surface area contributed by atoms with Crippen LogP contribution in [0.4, 0.5) is 0 Å². The van der Waals surface area contributed by atoms with Gasteiger partial charge in [0.1, 0.15) is 0 Å². The molecule has 0 bridgehead atoms. The Morgan fingerprint density at radius 3 is 2.38 bits per heavy atom. The Morgan fingerprint density at radius 2 is 1.79 bits per heavy atom. The van der Waals surface area contributed by atoms with E-state index in [0.717, 1.165) is 18.4 Å². The first-order valence-electron chi connectivity index (χ1n) is 8.00. The van der Waals surface area contributed by atoms with E-state index in [9.17, 15) is 4.79 Å². The molecule has 0 aliphatic heterocycles. The fourth-order valence-corrected chi connectivity index (χ4v) is 2.25. The molecule has 1 amide bonds. The molecule has 0 aliphatic rings. The Kier molecular flexibility index (Phi) is 9.83. The van der Waals surface area contributed by atoms with Gasteiger partial charge in [0.15, 0.2) is 11.5 Å². The maximum atomic E-state index is 12.0. The zero-order valence-corrected chi connectivity index (χ0v) is 14.7. The topological polar surface area (TPSA) is 92.0 Å². The molecule has 1 aromatic rings. The number of aryl methyl sites for hydroxylation is 1. The first-order chi connectivity index (χ1) is 11.7. The van der Waals surface area contributed by atoms with E-state index in [0.29, 0.717) is 50.0 Å². The van der Waals surface area contributed by atoms with Crippen molar-refractivity contribution in [3.63, 3.8) is 0 Å². The summed E-state index contributed by atoms with van der Waals surface area (Å²) in [6.07, 6.45) is 1.60. The lowest BCUT2D eigenvalue weighted by molar-refractivity contribution is 0.0499. The molecular weight excluding hydrogens is 312 g/mol. The van der Waals surface area contributed by atoms with Gasteiger partial charge in [0.25, 0.3) is 5.91 Å². The van der Waals surface area contributed by atoms with Crippen molar-refractivity contribution in [3.05, 3.63) is 23.3 Å². The molecule has 0 fully saturated rings. The molecule has 3 N–H and O–H groups in total. The molecule has 24 heavy (non-hydrogen) atoms. The molecule has 1 rings (SSSR count).